The van der Waals surface area contributed by atoms with Gasteiger partial charge in [0.15, 0.2) is 5.82 Å². The molecule has 2 rings (SSSR count). The van der Waals surface area contributed by atoms with Gasteiger partial charge in [0.2, 0.25) is 0 Å². The zero-order valence-electron chi connectivity index (χ0n) is 10.6. The van der Waals surface area contributed by atoms with Gasteiger partial charge in [-0.05, 0) is 25.1 Å². The van der Waals surface area contributed by atoms with Gasteiger partial charge in [0.25, 0.3) is 0 Å². The van der Waals surface area contributed by atoms with Crippen molar-refractivity contribution in [1.82, 2.24) is 9.78 Å². The van der Waals surface area contributed by atoms with Gasteiger partial charge in [0, 0.05) is 12.7 Å². The van der Waals surface area contributed by atoms with Crippen LogP contribution in [0.25, 0.3) is 0 Å². The van der Waals surface area contributed by atoms with Gasteiger partial charge in [0.05, 0.1) is 11.4 Å². The minimum absolute atomic E-state index is 0.356. The van der Waals surface area contributed by atoms with Gasteiger partial charge in [-0.3, -0.25) is 10.00 Å². The van der Waals surface area contributed by atoms with E-state index in [1.165, 1.54) is 22.9 Å². The quantitative estimate of drug-likeness (QED) is 0.775. The Morgan fingerprint density at radius 2 is 2.16 bits per heavy atom. The first-order chi connectivity index (χ1) is 8.97. The molecule has 0 fully saturated rings. The van der Waals surface area contributed by atoms with Gasteiger partial charge in [-0.1, -0.05) is 6.07 Å². The number of nitrogens with zero attached hydrogens (tertiary/aromatic N) is 2. The number of aromatic nitrogens is 2. The molecule has 0 aliphatic carbocycles. The number of anilines is 3. The van der Waals surface area contributed by atoms with E-state index >= 15 is 0 Å². The molecule has 0 unspecified atom stereocenters. The second-order valence-corrected chi connectivity index (χ2v) is 4.06. The van der Waals surface area contributed by atoms with Crippen LogP contribution in [-0.4, -0.2) is 15.8 Å². The lowest BCUT2D eigenvalue weighted by molar-refractivity contribution is 0.262. The first-order valence-corrected chi connectivity index (χ1v) is 5.60. The van der Waals surface area contributed by atoms with Crippen molar-refractivity contribution < 1.29 is 9.18 Å². The molecule has 1 aromatic heterocycles. The van der Waals surface area contributed by atoms with Crippen LogP contribution in [0.2, 0.25) is 0 Å². The highest BCUT2D eigenvalue weighted by atomic mass is 19.1. The van der Waals surface area contributed by atoms with E-state index in [1.807, 2.05) is 0 Å². The molecule has 0 saturated heterocycles. The predicted octanol–water partition coefficient (Wildman–Crippen LogP) is 2.09. The first-order valence-electron chi connectivity index (χ1n) is 5.60. The molecule has 19 heavy (non-hydrogen) atoms. The fourth-order valence-corrected chi connectivity index (χ4v) is 1.66. The van der Waals surface area contributed by atoms with Crippen LogP contribution in [0.1, 0.15) is 5.69 Å². The average molecular weight is 263 g/mol. The number of carbonyl (C=O) groups is 1. The van der Waals surface area contributed by atoms with Gasteiger partial charge < -0.3 is 11.1 Å². The summed E-state index contributed by atoms with van der Waals surface area (Å²) in [5, 5.41) is 9.15. The molecule has 0 aliphatic heterocycles. The summed E-state index contributed by atoms with van der Waals surface area (Å²) >= 11 is 0. The Labute approximate surface area is 109 Å². The molecule has 0 spiro atoms. The number of urea groups is 1. The smallest absolute Gasteiger partial charge is 0.324 e. The van der Waals surface area contributed by atoms with E-state index in [-0.39, 0.29) is 0 Å². The van der Waals surface area contributed by atoms with Crippen molar-refractivity contribution >= 4 is 23.2 Å². The summed E-state index contributed by atoms with van der Waals surface area (Å²) in [7, 11) is 1.67. The maximum atomic E-state index is 13.0. The molecule has 2 aromatic rings. The molecule has 1 heterocycles. The highest BCUT2D eigenvalue weighted by molar-refractivity contribution is 6.01. The summed E-state index contributed by atoms with van der Waals surface area (Å²) in [5.41, 5.74) is 7.17. The fourth-order valence-electron chi connectivity index (χ4n) is 1.66. The minimum Gasteiger partial charge on any atom is -0.394 e. The van der Waals surface area contributed by atoms with Gasteiger partial charge >= 0.3 is 6.03 Å². The zero-order valence-corrected chi connectivity index (χ0v) is 10.6. The molecule has 4 N–H and O–H groups in total. The topological polar surface area (TPSA) is 85.0 Å². The van der Waals surface area contributed by atoms with E-state index in [2.05, 4.69) is 15.7 Å². The second kappa shape index (κ2) is 4.97. The Morgan fingerprint density at radius 3 is 2.74 bits per heavy atom. The van der Waals surface area contributed by atoms with Crippen molar-refractivity contribution in [3.05, 3.63) is 35.8 Å². The summed E-state index contributed by atoms with van der Waals surface area (Å²) in [5.74, 6) is -0.0277. The number of halogens is 1. The summed E-state index contributed by atoms with van der Waals surface area (Å²) < 4.78 is 14.4. The van der Waals surface area contributed by atoms with Crippen molar-refractivity contribution in [3.8, 4) is 0 Å². The van der Waals surface area contributed by atoms with Crippen LogP contribution >= 0.6 is 0 Å². The molecule has 0 aliphatic rings. The molecule has 1 aromatic carbocycles. The normalized spacial score (nSPS) is 10.3. The number of hydrogen-bond acceptors (Lipinski definition) is 3. The number of amides is 2. The highest BCUT2D eigenvalue weighted by Crippen LogP contribution is 2.21. The van der Waals surface area contributed by atoms with Crippen molar-refractivity contribution in [2.24, 2.45) is 7.05 Å². The average Bonchev–Trinajstić information content (AvgIpc) is 2.56. The Morgan fingerprint density at radius 1 is 1.42 bits per heavy atom. The Kier molecular flexibility index (Phi) is 3.37. The molecule has 0 atom stereocenters. The number of hydrogen-bond donors (Lipinski definition) is 3. The van der Waals surface area contributed by atoms with Crippen LogP contribution in [0.4, 0.5) is 26.4 Å². The summed E-state index contributed by atoms with van der Waals surface area (Å²) in [6.45, 7) is 1.74. The molecule has 100 valence electrons. The lowest BCUT2D eigenvalue weighted by Crippen LogP contribution is -2.21. The number of benzene rings is 1. The third-order valence-electron chi connectivity index (χ3n) is 2.58. The maximum absolute atomic E-state index is 13.0. The SMILES string of the molecule is Cc1nn(C)c(NC(=O)Nc2cccc(F)c2)c1N. The number of nitrogens with one attached hydrogen (secondary N) is 2. The van der Waals surface area contributed by atoms with Crippen LogP contribution in [0, 0.1) is 12.7 Å². The third kappa shape index (κ3) is 2.82. The lowest BCUT2D eigenvalue weighted by atomic mass is 10.3. The van der Waals surface area contributed by atoms with E-state index in [4.69, 9.17) is 5.73 Å². The molecule has 0 bridgehead atoms. The maximum Gasteiger partial charge on any atom is 0.324 e. The molecule has 0 saturated carbocycles. The molecule has 6 nitrogen and oxygen atoms in total. The van der Waals surface area contributed by atoms with Gasteiger partial charge in [-0.2, -0.15) is 5.10 Å². The summed E-state index contributed by atoms with van der Waals surface area (Å²) in [6, 6.07) is 5.09. The van der Waals surface area contributed by atoms with E-state index in [0.29, 0.717) is 22.9 Å². The summed E-state index contributed by atoms with van der Waals surface area (Å²) in [6.07, 6.45) is 0. The van der Waals surface area contributed by atoms with Crippen molar-refractivity contribution in [2.75, 3.05) is 16.4 Å². The zero-order chi connectivity index (χ0) is 14.0. The number of rotatable bonds is 2. The van der Waals surface area contributed by atoms with Crippen LogP contribution in [0.3, 0.4) is 0 Å². The molecule has 2 amide bonds. The van der Waals surface area contributed by atoms with Crippen LogP contribution in [0.5, 0.6) is 0 Å². The van der Waals surface area contributed by atoms with Crippen molar-refractivity contribution in [2.45, 2.75) is 6.92 Å². The van der Waals surface area contributed by atoms with E-state index < -0.39 is 11.8 Å². The lowest BCUT2D eigenvalue weighted by Gasteiger charge is -2.08. The molecule has 7 heteroatoms. The number of nitrogens with two attached hydrogens (primary N) is 1. The van der Waals surface area contributed by atoms with E-state index in [9.17, 15) is 9.18 Å². The number of aryl methyl sites for hydroxylation is 2. The Hall–Kier alpha value is -2.57. The molecule has 0 radical (unpaired) electrons. The Bertz CT molecular complexity index is 623. The van der Waals surface area contributed by atoms with Crippen molar-refractivity contribution in [1.29, 1.82) is 0 Å². The van der Waals surface area contributed by atoms with Crippen LogP contribution in [0.15, 0.2) is 24.3 Å². The molecular weight excluding hydrogens is 249 g/mol. The monoisotopic (exact) mass is 263 g/mol. The highest BCUT2D eigenvalue weighted by Gasteiger charge is 2.12. The number of carbonyl (C=O) groups excluding carboxylic acids is 1. The van der Waals surface area contributed by atoms with Gasteiger partial charge in [0.1, 0.15) is 5.82 Å². The van der Waals surface area contributed by atoms with Crippen LogP contribution < -0.4 is 16.4 Å². The second-order valence-electron chi connectivity index (χ2n) is 4.06. The first kappa shape index (κ1) is 12.9. The van der Waals surface area contributed by atoms with E-state index in [1.54, 1.807) is 20.0 Å². The summed E-state index contributed by atoms with van der Waals surface area (Å²) in [4.78, 5) is 11.8. The standard InChI is InChI=1S/C12H14FN5O/c1-7-10(14)11(18(2)17-7)16-12(19)15-9-5-3-4-8(13)6-9/h3-6H,14H2,1-2H3,(H2,15,16,19). The predicted molar refractivity (Wildman–Crippen MR) is 71.4 cm³/mol. The minimum atomic E-state index is -0.514. The third-order valence-corrected chi connectivity index (χ3v) is 2.58. The van der Waals surface area contributed by atoms with Gasteiger partial charge in [-0.25, -0.2) is 9.18 Å². The van der Waals surface area contributed by atoms with Crippen LogP contribution in [-0.2, 0) is 7.05 Å². The van der Waals surface area contributed by atoms with Gasteiger partial charge in [-0.15, -0.1) is 0 Å². The largest absolute Gasteiger partial charge is 0.394 e. The fraction of sp³-hybridized carbons (Fsp3) is 0.167. The van der Waals surface area contributed by atoms with Crippen molar-refractivity contribution in [3.63, 3.8) is 0 Å². The Balaban J connectivity index is 2.09. The van der Waals surface area contributed by atoms with E-state index in [0.717, 1.165) is 0 Å². The molecular formula is C12H14FN5O. The number of nitrogen functional groups attached to an aromatic ring is 1.